The molecule has 0 N–H and O–H groups in total. The molecular weight excluding hydrogens is 414 g/mol. The highest BCUT2D eigenvalue weighted by atomic mass is 16.6. The van der Waals surface area contributed by atoms with Gasteiger partial charge in [-0.15, -0.1) is 0 Å². The topological polar surface area (TPSA) is 115 Å². The number of amides is 2. The highest BCUT2D eigenvalue weighted by Gasteiger charge is 2.67. The molecule has 9 nitrogen and oxygen atoms in total. The Hall–Kier alpha value is -3.75. The molecule has 32 heavy (non-hydrogen) atoms. The average molecular weight is 433 g/mol. The fourth-order valence-electron chi connectivity index (χ4n) is 5.73. The fraction of sp³-hybridized carbons (Fsp3) is 0.348. The molecule has 5 aliphatic rings. The van der Waals surface area contributed by atoms with Crippen LogP contribution < -0.4 is 4.74 Å². The monoisotopic (exact) mass is 433 g/mol. The second-order valence-electron chi connectivity index (χ2n) is 8.73. The van der Waals surface area contributed by atoms with Crippen LogP contribution in [0.1, 0.15) is 12.2 Å². The van der Waals surface area contributed by atoms with Crippen LogP contribution in [0.3, 0.4) is 0 Å². The van der Waals surface area contributed by atoms with Gasteiger partial charge in [0.2, 0.25) is 0 Å². The van der Waals surface area contributed by atoms with Crippen LogP contribution in [0, 0.1) is 45.6 Å². The van der Waals surface area contributed by atoms with Crippen molar-refractivity contribution in [2.75, 3.05) is 7.11 Å². The van der Waals surface area contributed by atoms with Crippen LogP contribution in [0.25, 0.3) is 11.3 Å². The number of hydrazone groups is 1. The van der Waals surface area contributed by atoms with Crippen molar-refractivity contribution in [2.24, 2.45) is 40.6 Å². The molecule has 9 heteroatoms. The number of nitro groups is 1. The lowest BCUT2D eigenvalue weighted by Gasteiger charge is -2.37. The highest BCUT2D eigenvalue weighted by Crippen LogP contribution is 2.65. The highest BCUT2D eigenvalue weighted by molar-refractivity contribution is 6.06. The van der Waals surface area contributed by atoms with Gasteiger partial charge in [0.25, 0.3) is 17.5 Å². The van der Waals surface area contributed by atoms with Gasteiger partial charge >= 0.3 is 0 Å². The van der Waals surface area contributed by atoms with Gasteiger partial charge < -0.3 is 9.15 Å². The van der Waals surface area contributed by atoms with E-state index in [4.69, 9.17) is 9.15 Å². The molecule has 0 unspecified atom stereocenters. The Labute approximate surface area is 182 Å². The smallest absolute Gasteiger partial charge is 0.284 e. The van der Waals surface area contributed by atoms with E-state index < -0.39 is 4.92 Å². The van der Waals surface area contributed by atoms with E-state index in [-0.39, 0.29) is 58.3 Å². The van der Waals surface area contributed by atoms with Gasteiger partial charge in [-0.05, 0) is 54.4 Å². The zero-order valence-corrected chi connectivity index (χ0v) is 17.1. The third-order valence-electron chi connectivity index (χ3n) is 7.23. The fourth-order valence-corrected chi connectivity index (χ4v) is 5.73. The number of methoxy groups -OCH3 is 1. The van der Waals surface area contributed by atoms with E-state index in [1.807, 2.05) is 0 Å². The van der Waals surface area contributed by atoms with Crippen molar-refractivity contribution in [3.05, 3.63) is 58.4 Å². The normalized spacial score (nSPS) is 31.8. The van der Waals surface area contributed by atoms with E-state index in [0.29, 0.717) is 17.6 Å². The standard InChI is InChI=1S/C23H19N3O6/c1-31-11-2-4-15(18(8-11)26(29)30)19-7-3-12(32-19)10-24-25-22(27)20-13-5-6-14(17-9-16(13)17)21(20)23(25)28/h2-8,10,13-14,16-17,20-21H,9H2,1H3/b24-10-/t13-,14-,16-,17+,20+,21-/m1/s1. The molecule has 1 aromatic heterocycles. The molecule has 0 spiro atoms. The van der Waals surface area contributed by atoms with Crippen molar-refractivity contribution in [3.63, 3.8) is 0 Å². The van der Waals surface area contributed by atoms with Crippen LogP contribution in [-0.4, -0.2) is 35.1 Å². The Morgan fingerprint density at radius 3 is 2.44 bits per heavy atom. The first-order chi connectivity index (χ1) is 15.5. The second kappa shape index (κ2) is 6.62. The molecule has 3 fully saturated rings. The minimum Gasteiger partial charge on any atom is -0.497 e. The number of imide groups is 1. The van der Waals surface area contributed by atoms with Crippen LogP contribution in [-0.2, 0) is 9.59 Å². The predicted octanol–water partition coefficient (Wildman–Crippen LogP) is 3.25. The molecule has 2 amide bonds. The molecule has 0 radical (unpaired) electrons. The number of nitro benzene ring substituents is 1. The van der Waals surface area contributed by atoms with Crippen molar-refractivity contribution < 1.29 is 23.7 Å². The van der Waals surface area contributed by atoms with Gasteiger partial charge in [0.1, 0.15) is 17.3 Å². The van der Waals surface area contributed by atoms with Gasteiger partial charge in [-0.25, -0.2) is 0 Å². The zero-order chi connectivity index (χ0) is 22.1. The van der Waals surface area contributed by atoms with Gasteiger partial charge in [-0.2, -0.15) is 10.1 Å². The third kappa shape index (κ3) is 2.60. The van der Waals surface area contributed by atoms with E-state index in [1.54, 1.807) is 24.3 Å². The first-order valence-electron chi connectivity index (χ1n) is 10.5. The molecule has 162 valence electrons. The lowest BCUT2D eigenvalue weighted by Crippen LogP contribution is -2.40. The number of carbonyl (C=O) groups excluding carboxylic acids is 2. The lowest BCUT2D eigenvalue weighted by atomic mass is 9.63. The number of hydrogen-bond donors (Lipinski definition) is 0. The van der Waals surface area contributed by atoms with Crippen LogP contribution in [0.5, 0.6) is 5.75 Å². The number of carbonyl (C=O) groups is 2. The first kappa shape index (κ1) is 19.0. The van der Waals surface area contributed by atoms with Gasteiger partial charge in [0.15, 0.2) is 0 Å². The Bertz CT molecular complexity index is 1190. The minimum atomic E-state index is -0.510. The van der Waals surface area contributed by atoms with E-state index >= 15 is 0 Å². The summed E-state index contributed by atoms with van der Waals surface area (Å²) in [4.78, 5) is 36.9. The van der Waals surface area contributed by atoms with Crippen LogP contribution >= 0.6 is 0 Å². The van der Waals surface area contributed by atoms with Gasteiger partial charge in [0, 0.05) is 0 Å². The minimum absolute atomic E-state index is 0.137. The molecular formula is C23H19N3O6. The predicted molar refractivity (Wildman–Crippen MR) is 111 cm³/mol. The number of benzene rings is 1. The van der Waals surface area contributed by atoms with E-state index in [9.17, 15) is 19.7 Å². The zero-order valence-electron chi connectivity index (χ0n) is 17.1. The summed E-state index contributed by atoms with van der Waals surface area (Å²) in [6, 6.07) is 7.65. The van der Waals surface area contributed by atoms with Crippen molar-refractivity contribution in [1.29, 1.82) is 0 Å². The van der Waals surface area contributed by atoms with Crippen LogP contribution in [0.4, 0.5) is 5.69 Å². The number of rotatable bonds is 5. The molecule has 1 aliphatic heterocycles. The second-order valence-corrected chi connectivity index (χ2v) is 8.73. The van der Waals surface area contributed by atoms with Gasteiger partial charge in [-0.3, -0.25) is 19.7 Å². The Balaban J connectivity index is 1.25. The molecule has 2 bridgehead atoms. The number of hydrogen-bond acceptors (Lipinski definition) is 7. The van der Waals surface area contributed by atoms with Gasteiger partial charge in [0.05, 0.1) is 41.7 Å². The van der Waals surface area contributed by atoms with Crippen molar-refractivity contribution in [3.8, 4) is 17.1 Å². The Morgan fingerprint density at radius 2 is 1.81 bits per heavy atom. The molecule has 2 aromatic rings. The van der Waals surface area contributed by atoms with E-state index in [2.05, 4.69) is 17.3 Å². The summed E-state index contributed by atoms with van der Waals surface area (Å²) in [5, 5.41) is 16.6. The Kier molecular flexibility index (Phi) is 3.93. The number of nitrogens with zero attached hydrogens (tertiary/aromatic N) is 3. The molecule has 6 atom stereocenters. The van der Waals surface area contributed by atoms with E-state index in [0.717, 1.165) is 11.4 Å². The SMILES string of the molecule is COc1ccc(-c2ccc(/C=N\N3C(=O)[C@@H]4[C@@H]5C=C[C@H]([C@H]6C[C@@H]56)[C@@H]4C3=O)o2)c([N+](=O)[O-])c1. The summed E-state index contributed by atoms with van der Waals surface area (Å²) in [5.41, 5.74) is 0.134. The third-order valence-corrected chi connectivity index (χ3v) is 7.23. The maximum atomic E-state index is 13.0. The largest absolute Gasteiger partial charge is 0.497 e. The first-order valence-corrected chi connectivity index (χ1v) is 10.5. The molecule has 4 aliphatic carbocycles. The summed E-state index contributed by atoms with van der Waals surface area (Å²) < 4.78 is 10.8. The number of allylic oxidation sites excluding steroid dienone is 2. The summed E-state index contributed by atoms with van der Waals surface area (Å²) in [5.74, 6) is 1.12. The number of ether oxygens (including phenoxy) is 1. The maximum absolute atomic E-state index is 13.0. The summed E-state index contributed by atoms with van der Waals surface area (Å²) in [7, 11) is 1.43. The number of furan rings is 1. The van der Waals surface area contributed by atoms with E-state index in [1.165, 1.54) is 19.4 Å². The average Bonchev–Trinajstić information content (AvgIpc) is 3.44. The maximum Gasteiger partial charge on any atom is 0.284 e. The van der Waals surface area contributed by atoms with Crippen LogP contribution in [0.2, 0.25) is 0 Å². The van der Waals surface area contributed by atoms with Crippen molar-refractivity contribution >= 4 is 23.7 Å². The summed E-state index contributed by atoms with van der Waals surface area (Å²) >= 11 is 0. The van der Waals surface area contributed by atoms with Crippen molar-refractivity contribution in [1.82, 2.24) is 5.01 Å². The Morgan fingerprint density at radius 1 is 1.12 bits per heavy atom. The molecule has 1 saturated heterocycles. The quantitative estimate of drug-likeness (QED) is 0.235. The molecule has 2 saturated carbocycles. The van der Waals surface area contributed by atoms with Gasteiger partial charge in [-0.1, -0.05) is 12.2 Å². The molecule has 7 rings (SSSR count). The summed E-state index contributed by atoms with van der Waals surface area (Å²) in [6.07, 6.45) is 6.63. The molecule has 2 heterocycles. The van der Waals surface area contributed by atoms with Crippen molar-refractivity contribution in [2.45, 2.75) is 6.42 Å². The van der Waals surface area contributed by atoms with Crippen LogP contribution in [0.15, 0.2) is 52.0 Å². The lowest BCUT2D eigenvalue weighted by molar-refractivity contribution is -0.384. The molecule has 1 aromatic carbocycles. The summed E-state index contributed by atoms with van der Waals surface area (Å²) in [6.45, 7) is 0.